The van der Waals surface area contributed by atoms with Gasteiger partial charge in [-0.1, -0.05) is 0 Å². The van der Waals surface area contributed by atoms with E-state index in [2.05, 4.69) is 28.6 Å². The number of thiol groups is 1. The molecule has 0 radical (unpaired) electrons. The van der Waals surface area contributed by atoms with Crippen molar-refractivity contribution in [2.45, 2.75) is 43.9 Å². The van der Waals surface area contributed by atoms with Gasteiger partial charge in [-0.05, 0) is 43.8 Å². The van der Waals surface area contributed by atoms with Crippen molar-refractivity contribution in [3.8, 4) is 0 Å². The summed E-state index contributed by atoms with van der Waals surface area (Å²) >= 11 is 6.96. The van der Waals surface area contributed by atoms with Crippen LogP contribution in [-0.4, -0.2) is 82.7 Å². The van der Waals surface area contributed by atoms with Gasteiger partial charge in [-0.25, -0.2) is 4.79 Å². The maximum Gasteiger partial charge on any atom is 0.327 e. The minimum absolute atomic E-state index is 0.0787. The van der Waals surface area contributed by atoms with E-state index in [1.165, 1.54) is 18.7 Å². The molecule has 0 saturated carbocycles. The first-order valence-electron chi connectivity index (χ1n) is 8.66. The van der Waals surface area contributed by atoms with Crippen LogP contribution in [-0.2, 0) is 19.2 Å². The van der Waals surface area contributed by atoms with Crippen LogP contribution in [0.15, 0.2) is 0 Å². The molecule has 3 amide bonds. The number of carboxylic acid groups (broad SMARTS) is 1. The molecule has 0 spiro atoms. The minimum Gasteiger partial charge on any atom is -0.480 e. The second-order valence-corrected chi connectivity index (χ2v) is 8.38. The van der Waals surface area contributed by atoms with Gasteiger partial charge < -0.3 is 26.8 Å². The second-order valence-electron chi connectivity index (χ2n) is 6.04. The Bertz CT molecular complexity index is 538. The molecule has 12 heteroatoms. The van der Waals surface area contributed by atoms with Gasteiger partial charge in [-0.15, -0.1) is 0 Å². The van der Waals surface area contributed by atoms with E-state index >= 15 is 0 Å². The molecule has 0 saturated heterocycles. The smallest absolute Gasteiger partial charge is 0.327 e. The molecule has 28 heavy (non-hydrogen) atoms. The number of carbonyl (C=O) groups is 4. The van der Waals surface area contributed by atoms with Gasteiger partial charge in [0.2, 0.25) is 17.7 Å². The van der Waals surface area contributed by atoms with Crippen LogP contribution in [0.5, 0.6) is 0 Å². The highest BCUT2D eigenvalue weighted by molar-refractivity contribution is 7.98. The Morgan fingerprint density at radius 3 is 1.96 bits per heavy atom. The number of nitrogens with two attached hydrogens (primary N) is 1. The summed E-state index contributed by atoms with van der Waals surface area (Å²) < 4.78 is 0. The molecule has 6 N–H and O–H groups in total. The fourth-order valence-corrected chi connectivity index (χ4v) is 3.23. The molecule has 0 aromatic carbocycles. The number of aliphatic carboxylic acids is 1. The van der Waals surface area contributed by atoms with Crippen LogP contribution in [0.4, 0.5) is 0 Å². The van der Waals surface area contributed by atoms with Gasteiger partial charge in [-0.3, -0.25) is 14.4 Å². The van der Waals surface area contributed by atoms with Crippen molar-refractivity contribution in [3.05, 3.63) is 0 Å². The first-order valence-corrected chi connectivity index (χ1v) is 12.1. The molecule has 0 aromatic rings. The van der Waals surface area contributed by atoms with Crippen molar-refractivity contribution in [3.63, 3.8) is 0 Å². The standard InChI is InChI=1S/C16H30N4O5S3/c1-9(18-14(22)10(17)4-6-27-2)13(21)19-11(5-7-28-3)15(23)20-12(8-26)16(24)25/h9-12,26H,4-8,17H2,1-3H3,(H,18,22)(H,19,21)(H,20,23)(H,24,25). The van der Waals surface area contributed by atoms with E-state index in [4.69, 9.17) is 10.8 Å². The summed E-state index contributed by atoms with van der Waals surface area (Å²) in [6, 6.07) is -3.69. The van der Waals surface area contributed by atoms with Gasteiger partial charge in [0.05, 0.1) is 6.04 Å². The number of amides is 3. The summed E-state index contributed by atoms with van der Waals surface area (Å²) in [5.74, 6) is -1.59. The van der Waals surface area contributed by atoms with Crippen LogP contribution in [0, 0.1) is 0 Å². The summed E-state index contributed by atoms with van der Waals surface area (Å²) in [4.78, 5) is 47.9. The maximum atomic E-state index is 12.4. The topological polar surface area (TPSA) is 151 Å². The Labute approximate surface area is 179 Å². The molecular formula is C16H30N4O5S3. The Morgan fingerprint density at radius 1 is 0.929 bits per heavy atom. The van der Waals surface area contributed by atoms with Crippen molar-refractivity contribution in [1.82, 2.24) is 16.0 Å². The van der Waals surface area contributed by atoms with Gasteiger partial charge in [0.25, 0.3) is 0 Å². The molecule has 0 fully saturated rings. The molecule has 162 valence electrons. The van der Waals surface area contributed by atoms with E-state index in [-0.39, 0.29) is 5.75 Å². The van der Waals surface area contributed by atoms with Crippen LogP contribution in [0.1, 0.15) is 19.8 Å². The number of hydrogen-bond acceptors (Lipinski definition) is 8. The van der Waals surface area contributed by atoms with Crippen LogP contribution in [0.25, 0.3) is 0 Å². The van der Waals surface area contributed by atoms with E-state index in [9.17, 15) is 19.2 Å². The van der Waals surface area contributed by atoms with Gasteiger partial charge in [-0.2, -0.15) is 36.2 Å². The summed E-state index contributed by atoms with van der Waals surface area (Å²) in [6.45, 7) is 1.49. The van der Waals surface area contributed by atoms with Crippen LogP contribution in [0.2, 0.25) is 0 Å². The third-order valence-electron chi connectivity index (χ3n) is 3.76. The Balaban J connectivity index is 4.88. The van der Waals surface area contributed by atoms with E-state index in [0.29, 0.717) is 18.6 Å². The first-order chi connectivity index (χ1) is 13.2. The Morgan fingerprint density at radius 2 is 1.46 bits per heavy atom. The van der Waals surface area contributed by atoms with Crippen molar-refractivity contribution in [1.29, 1.82) is 0 Å². The van der Waals surface area contributed by atoms with Crippen molar-refractivity contribution in [2.24, 2.45) is 5.73 Å². The molecule has 0 aliphatic heterocycles. The van der Waals surface area contributed by atoms with Gasteiger partial charge in [0, 0.05) is 5.75 Å². The molecule has 4 unspecified atom stereocenters. The van der Waals surface area contributed by atoms with Gasteiger partial charge >= 0.3 is 5.97 Å². The quantitative estimate of drug-likeness (QED) is 0.189. The largest absolute Gasteiger partial charge is 0.480 e. The molecule has 9 nitrogen and oxygen atoms in total. The minimum atomic E-state index is -1.21. The third-order valence-corrected chi connectivity index (χ3v) is 5.42. The average Bonchev–Trinajstić information content (AvgIpc) is 2.66. The number of carbonyl (C=O) groups excluding carboxylic acids is 3. The highest BCUT2D eigenvalue weighted by Gasteiger charge is 2.28. The number of thioether (sulfide) groups is 2. The highest BCUT2D eigenvalue weighted by Crippen LogP contribution is 2.04. The van der Waals surface area contributed by atoms with Gasteiger partial charge in [0.1, 0.15) is 18.1 Å². The molecule has 4 atom stereocenters. The second kappa shape index (κ2) is 14.8. The fraction of sp³-hybridized carbons (Fsp3) is 0.750. The van der Waals surface area contributed by atoms with Crippen LogP contribution < -0.4 is 21.7 Å². The zero-order valence-electron chi connectivity index (χ0n) is 16.3. The number of carboxylic acids is 1. The van der Waals surface area contributed by atoms with Crippen molar-refractivity contribution >= 4 is 59.8 Å². The molecule has 0 aliphatic carbocycles. The van der Waals surface area contributed by atoms with E-state index < -0.39 is 47.9 Å². The zero-order chi connectivity index (χ0) is 21.7. The van der Waals surface area contributed by atoms with Gasteiger partial charge in [0.15, 0.2) is 0 Å². The van der Waals surface area contributed by atoms with Crippen molar-refractivity contribution < 1.29 is 24.3 Å². The lowest BCUT2D eigenvalue weighted by molar-refractivity contribution is -0.141. The summed E-state index contributed by atoms with van der Waals surface area (Å²) in [7, 11) is 0. The van der Waals surface area contributed by atoms with Crippen LogP contribution in [0.3, 0.4) is 0 Å². The Kier molecular flexibility index (Phi) is 14.2. The summed E-state index contributed by atoms with van der Waals surface area (Å²) in [5, 5.41) is 16.5. The monoisotopic (exact) mass is 454 g/mol. The molecule has 0 rings (SSSR count). The predicted octanol–water partition coefficient (Wildman–Crippen LogP) is -0.691. The molecule has 0 heterocycles. The average molecular weight is 455 g/mol. The number of hydrogen-bond donors (Lipinski definition) is 6. The summed E-state index contributed by atoms with van der Waals surface area (Å²) in [6.07, 6.45) is 4.55. The number of nitrogens with one attached hydrogen (secondary N) is 3. The Hall–Kier alpha value is -1.11. The maximum absolute atomic E-state index is 12.4. The fourth-order valence-electron chi connectivity index (χ4n) is 2.02. The number of rotatable bonds is 14. The van der Waals surface area contributed by atoms with Crippen LogP contribution >= 0.6 is 36.2 Å². The van der Waals surface area contributed by atoms with Crippen molar-refractivity contribution in [2.75, 3.05) is 29.8 Å². The van der Waals surface area contributed by atoms with E-state index in [1.54, 1.807) is 11.8 Å². The lowest BCUT2D eigenvalue weighted by atomic mass is 10.1. The molecule has 0 bridgehead atoms. The summed E-state index contributed by atoms with van der Waals surface area (Å²) in [5.41, 5.74) is 5.78. The predicted molar refractivity (Wildman–Crippen MR) is 117 cm³/mol. The first kappa shape index (κ1) is 26.9. The molecule has 0 aliphatic rings. The van der Waals surface area contributed by atoms with E-state index in [0.717, 1.165) is 5.75 Å². The van der Waals surface area contributed by atoms with E-state index in [1.807, 2.05) is 12.5 Å². The zero-order valence-corrected chi connectivity index (χ0v) is 18.8. The lowest BCUT2D eigenvalue weighted by Crippen LogP contribution is -2.56. The lowest BCUT2D eigenvalue weighted by Gasteiger charge is -2.23. The molecule has 0 aromatic heterocycles. The molecular weight excluding hydrogens is 424 g/mol. The SMILES string of the molecule is CSCCC(N)C(=O)NC(C)C(=O)NC(CCSC)C(=O)NC(CS)C(=O)O. The normalized spacial score (nSPS) is 15.0. The third kappa shape index (κ3) is 10.4. The highest BCUT2D eigenvalue weighted by atomic mass is 32.2.